The average Bonchev–Trinajstić information content (AvgIpc) is 3.06. The summed E-state index contributed by atoms with van der Waals surface area (Å²) in [5.41, 5.74) is 7.07. The van der Waals surface area contributed by atoms with Gasteiger partial charge < -0.3 is 5.73 Å². The number of hydrogen-bond donors (Lipinski definition) is 1. The fourth-order valence-corrected chi connectivity index (χ4v) is 2.91. The molecule has 4 nitrogen and oxygen atoms in total. The molecule has 1 aromatic rings. The molecule has 1 aliphatic rings. The molecule has 2 rings (SSSR count). The van der Waals surface area contributed by atoms with E-state index in [1.54, 1.807) is 0 Å². The van der Waals surface area contributed by atoms with Gasteiger partial charge in [0.1, 0.15) is 0 Å². The second-order valence-corrected chi connectivity index (χ2v) is 6.26. The van der Waals surface area contributed by atoms with Gasteiger partial charge in [-0.15, -0.1) is 0 Å². The number of aromatic nitrogens is 2. The highest BCUT2D eigenvalue weighted by atomic mass is 15.3. The molecule has 0 spiro atoms. The van der Waals surface area contributed by atoms with E-state index in [-0.39, 0.29) is 5.54 Å². The molecule has 0 aliphatic heterocycles. The van der Waals surface area contributed by atoms with E-state index in [1.807, 2.05) is 0 Å². The monoisotopic (exact) mass is 264 g/mol. The van der Waals surface area contributed by atoms with E-state index in [0.29, 0.717) is 12.6 Å². The van der Waals surface area contributed by atoms with Gasteiger partial charge in [0.25, 0.3) is 0 Å². The van der Waals surface area contributed by atoms with Crippen molar-refractivity contribution in [2.45, 2.75) is 64.6 Å². The lowest BCUT2D eigenvalue weighted by Crippen LogP contribution is -2.48. The molecule has 1 fully saturated rings. The van der Waals surface area contributed by atoms with Crippen LogP contribution in [0.4, 0.5) is 0 Å². The highest BCUT2D eigenvalue weighted by Gasteiger charge is 2.25. The van der Waals surface area contributed by atoms with Crippen LogP contribution >= 0.6 is 0 Å². The largest absolute Gasteiger partial charge is 0.329 e. The van der Waals surface area contributed by atoms with Crippen LogP contribution in [0.3, 0.4) is 0 Å². The van der Waals surface area contributed by atoms with Crippen LogP contribution in [0.15, 0.2) is 12.3 Å². The van der Waals surface area contributed by atoms with Crippen molar-refractivity contribution in [2.75, 3.05) is 13.1 Å². The number of nitrogens with zero attached hydrogens (tertiary/aromatic N) is 3. The lowest BCUT2D eigenvalue weighted by Gasteiger charge is -2.36. The second-order valence-electron chi connectivity index (χ2n) is 6.26. The summed E-state index contributed by atoms with van der Waals surface area (Å²) < 4.78 is 2.17. The number of likely N-dealkylation sites (N-methyl/N-ethyl adjacent to an activating group) is 1. The summed E-state index contributed by atoms with van der Waals surface area (Å²) in [5.74, 6) is 0. The Morgan fingerprint density at radius 1 is 1.42 bits per heavy atom. The smallest absolute Gasteiger partial charge is 0.0765 e. The normalized spacial score (nSPS) is 17.5. The topological polar surface area (TPSA) is 47.1 Å². The van der Waals surface area contributed by atoms with Gasteiger partial charge in [0.2, 0.25) is 0 Å². The van der Waals surface area contributed by atoms with E-state index in [9.17, 15) is 0 Å². The third-order valence-corrected chi connectivity index (χ3v) is 4.45. The molecule has 0 amide bonds. The Kier molecular flexibility index (Phi) is 4.63. The molecule has 2 N–H and O–H groups in total. The highest BCUT2D eigenvalue weighted by Crippen LogP contribution is 2.29. The van der Waals surface area contributed by atoms with Crippen molar-refractivity contribution in [3.63, 3.8) is 0 Å². The minimum absolute atomic E-state index is 0.0336. The summed E-state index contributed by atoms with van der Waals surface area (Å²) in [5, 5.41) is 4.76. The summed E-state index contributed by atoms with van der Waals surface area (Å²) in [6.07, 6.45) is 7.41. The van der Waals surface area contributed by atoms with Gasteiger partial charge in [-0.2, -0.15) is 5.10 Å². The summed E-state index contributed by atoms with van der Waals surface area (Å²) in [7, 11) is 0. The molecule has 0 radical (unpaired) electrons. The van der Waals surface area contributed by atoms with Gasteiger partial charge in [0, 0.05) is 24.8 Å². The maximum absolute atomic E-state index is 5.87. The first-order valence-electron chi connectivity index (χ1n) is 7.56. The molecule has 1 aliphatic carbocycles. The van der Waals surface area contributed by atoms with Crippen LogP contribution in [0.1, 0.15) is 58.2 Å². The van der Waals surface area contributed by atoms with Crippen molar-refractivity contribution >= 4 is 0 Å². The predicted molar refractivity (Wildman–Crippen MR) is 78.9 cm³/mol. The fraction of sp³-hybridized carbons (Fsp3) is 0.800. The third kappa shape index (κ3) is 3.37. The zero-order valence-electron chi connectivity index (χ0n) is 12.6. The summed E-state index contributed by atoms with van der Waals surface area (Å²) in [6, 6.07) is 2.79. The molecule has 0 aromatic carbocycles. The van der Waals surface area contributed by atoms with E-state index in [0.717, 1.165) is 18.8 Å². The lowest BCUT2D eigenvalue weighted by atomic mass is 10.0. The Labute approximate surface area is 117 Å². The van der Waals surface area contributed by atoms with Crippen LogP contribution in [0.5, 0.6) is 0 Å². The summed E-state index contributed by atoms with van der Waals surface area (Å²) in [6.45, 7) is 9.14. The SMILES string of the molecule is CCN(Cc1ccn(C2CCCC2)n1)C(C)(C)CN. The number of nitrogens with two attached hydrogens (primary N) is 1. The molecule has 4 heteroatoms. The van der Waals surface area contributed by atoms with Crippen molar-refractivity contribution < 1.29 is 0 Å². The standard InChI is InChI=1S/C15H28N4/c1-4-18(15(2,3)12-16)11-13-9-10-19(17-13)14-7-5-6-8-14/h9-10,14H,4-8,11-12,16H2,1-3H3. The van der Waals surface area contributed by atoms with Crippen LogP contribution < -0.4 is 5.73 Å². The molecule has 1 aromatic heterocycles. The first-order chi connectivity index (χ1) is 9.06. The Bertz CT molecular complexity index is 391. The maximum atomic E-state index is 5.87. The van der Waals surface area contributed by atoms with Gasteiger partial charge >= 0.3 is 0 Å². The van der Waals surface area contributed by atoms with Gasteiger partial charge in [-0.05, 0) is 39.3 Å². The van der Waals surface area contributed by atoms with E-state index < -0.39 is 0 Å². The van der Waals surface area contributed by atoms with Crippen LogP contribution in [-0.2, 0) is 6.54 Å². The van der Waals surface area contributed by atoms with Gasteiger partial charge in [-0.1, -0.05) is 19.8 Å². The Morgan fingerprint density at radius 3 is 2.68 bits per heavy atom. The number of rotatable bonds is 6. The molecule has 0 unspecified atom stereocenters. The van der Waals surface area contributed by atoms with E-state index in [4.69, 9.17) is 10.8 Å². The molecular weight excluding hydrogens is 236 g/mol. The van der Waals surface area contributed by atoms with Crippen molar-refractivity contribution in [1.82, 2.24) is 14.7 Å². The molecular formula is C15H28N4. The fourth-order valence-electron chi connectivity index (χ4n) is 2.91. The second kappa shape index (κ2) is 6.06. The Hall–Kier alpha value is -0.870. The van der Waals surface area contributed by atoms with Crippen molar-refractivity contribution in [3.05, 3.63) is 18.0 Å². The molecule has 1 saturated carbocycles. The third-order valence-electron chi connectivity index (χ3n) is 4.45. The first-order valence-corrected chi connectivity index (χ1v) is 7.56. The van der Waals surface area contributed by atoms with Crippen molar-refractivity contribution in [1.29, 1.82) is 0 Å². The minimum atomic E-state index is 0.0336. The van der Waals surface area contributed by atoms with Gasteiger partial charge in [-0.25, -0.2) is 0 Å². The van der Waals surface area contributed by atoms with E-state index >= 15 is 0 Å². The first kappa shape index (κ1) is 14.5. The van der Waals surface area contributed by atoms with Crippen LogP contribution in [0.25, 0.3) is 0 Å². The maximum Gasteiger partial charge on any atom is 0.0765 e. The zero-order valence-corrected chi connectivity index (χ0v) is 12.6. The van der Waals surface area contributed by atoms with Crippen molar-refractivity contribution in [3.8, 4) is 0 Å². The molecule has 19 heavy (non-hydrogen) atoms. The van der Waals surface area contributed by atoms with E-state index in [1.165, 1.54) is 25.7 Å². The Balaban J connectivity index is 2.02. The highest BCUT2D eigenvalue weighted by molar-refractivity contribution is 5.01. The quantitative estimate of drug-likeness (QED) is 0.859. The summed E-state index contributed by atoms with van der Waals surface area (Å²) >= 11 is 0. The van der Waals surface area contributed by atoms with E-state index in [2.05, 4.69) is 42.6 Å². The molecule has 0 atom stereocenters. The van der Waals surface area contributed by atoms with Gasteiger partial charge in [0.15, 0.2) is 0 Å². The minimum Gasteiger partial charge on any atom is -0.329 e. The molecule has 0 bridgehead atoms. The van der Waals surface area contributed by atoms with Crippen LogP contribution in [0, 0.1) is 0 Å². The lowest BCUT2D eigenvalue weighted by molar-refractivity contribution is 0.124. The molecule has 0 saturated heterocycles. The summed E-state index contributed by atoms with van der Waals surface area (Å²) in [4.78, 5) is 2.40. The predicted octanol–water partition coefficient (Wildman–Crippen LogP) is 2.56. The van der Waals surface area contributed by atoms with Gasteiger partial charge in [-0.3, -0.25) is 9.58 Å². The van der Waals surface area contributed by atoms with Gasteiger partial charge in [0.05, 0.1) is 11.7 Å². The van der Waals surface area contributed by atoms with Crippen LogP contribution in [0.2, 0.25) is 0 Å². The molecule has 1 heterocycles. The van der Waals surface area contributed by atoms with Crippen LogP contribution in [-0.4, -0.2) is 33.3 Å². The average molecular weight is 264 g/mol. The van der Waals surface area contributed by atoms with Crippen molar-refractivity contribution in [2.24, 2.45) is 5.73 Å². The zero-order chi connectivity index (χ0) is 13.9. The number of hydrogen-bond acceptors (Lipinski definition) is 3. The Morgan fingerprint density at radius 2 is 2.11 bits per heavy atom. The molecule has 108 valence electrons.